The van der Waals surface area contributed by atoms with Crippen molar-refractivity contribution in [3.05, 3.63) is 0 Å². The highest BCUT2D eigenvalue weighted by Gasteiger charge is 2.18. The lowest BCUT2D eigenvalue weighted by atomic mass is 9.97. The number of thioether (sulfide) groups is 1. The molecule has 114 valence electrons. The second-order valence-electron chi connectivity index (χ2n) is 6.80. The molecule has 0 atom stereocenters. The minimum absolute atomic E-state index is 0.379. The first kappa shape index (κ1) is 17.4. The Morgan fingerprint density at radius 2 is 1.26 bits per heavy atom. The van der Waals surface area contributed by atoms with Crippen LogP contribution in [0.2, 0.25) is 0 Å². The predicted molar refractivity (Wildman–Crippen MR) is 90.2 cm³/mol. The fourth-order valence-electron chi connectivity index (χ4n) is 2.83. The smallest absolute Gasteiger partial charge is 0.0225 e. The van der Waals surface area contributed by atoms with Crippen LogP contribution in [0.1, 0.15) is 84.5 Å². The van der Waals surface area contributed by atoms with E-state index in [0.29, 0.717) is 4.75 Å². The Labute approximate surface area is 125 Å². The van der Waals surface area contributed by atoms with Crippen LogP contribution in [-0.4, -0.2) is 23.6 Å². The minimum atomic E-state index is 0.379. The fourth-order valence-corrected chi connectivity index (χ4v) is 3.06. The molecule has 1 rings (SSSR count). The van der Waals surface area contributed by atoms with E-state index < -0.39 is 0 Å². The predicted octanol–water partition coefficient (Wildman–Crippen LogP) is 5.39. The summed E-state index contributed by atoms with van der Waals surface area (Å²) in [4.78, 5) is 0. The second-order valence-corrected chi connectivity index (χ2v) is 8.31. The van der Waals surface area contributed by atoms with Crippen molar-refractivity contribution in [2.45, 2.75) is 95.3 Å². The molecule has 19 heavy (non-hydrogen) atoms. The monoisotopic (exact) mass is 285 g/mol. The van der Waals surface area contributed by atoms with Gasteiger partial charge in [0.25, 0.3) is 0 Å². The zero-order chi connectivity index (χ0) is 14.0. The van der Waals surface area contributed by atoms with Crippen LogP contribution in [0.3, 0.4) is 0 Å². The van der Waals surface area contributed by atoms with E-state index in [1.54, 1.807) is 0 Å². The molecule has 1 aliphatic rings. The van der Waals surface area contributed by atoms with E-state index in [0.717, 1.165) is 12.6 Å². The van der Waals surface area contributed by atoms with Crippen molar-refractivity contribution >= 4 is 11.8 Å². The molecule has 2 heteroatoms. The molecule has 0 aromatic rings. The van der Waals surface area contributed by atoms with Gasteiger partial charge in [0.15, 0.2) is 0 Å². The van der Waals surface area contributed by atoms with Crippen molar-refractivity contribution in [3.8, 4) is 0 Å². The summed E-state index contributed by atoms with van der Waals surface area (Å²) in [7, 11) is 0. The summed E-state index contributed by atoms with van der Waals surface area (Å²) in [6.45, 7) is 5.85. The van der Waals surface area contributed by atoms with Crippen LogP contribution in [0.25, 0.3) is 0 Å². The van der Waals surface area contributed by atoms with Gasteiger partial charge in [0, 0.05) is 17.3 Å². The molecular formula is C17H35NS. The summed E-state index contributed by atoms with van der Waals surface area (Å²) in [5.41, 5.74) is 0. The van der Waals surface area contributed by atoms with Crippen LogP contribution < -0.4 is 5.32 Å². The summed E-state index contributed by atoms with van der Waals surface area (Å²) in [6, 6.07) is 0.769. The van der Waals surface area contributed by atoms with Gasteiger partial charge < -0.3 is 5.32 Å². The Balaban J connectivity index is 2.30. The summed E-state index contributed by atoms with van der Waals surface area (Å²) >= 11 is 1.98. The number of nitrogens with one attached hydrogen (secondary N) is 1. The van der Waals surface area contributed by atoms with Crippen molar-refractivity contribution < 1.29 is 0 Å². The van der Waals surface area contributed by atoms with Gasteiger partial charge in [0.05, 0.1) is 0 Å². The topological polar surface area (TPSA) is 12.0 Å². The van der Waals surface area contributed by atoms with Crippen molar-refractivity contribution in [1.82, 2.24) is 5.32 Å². The van der Waals surface area contributed by atoms with Gasteiger partial charge >= 0.3 is 0 Å². The average Bonchev–Trinajstić information content (AvgIpc) is 2.38. The zero-order valence-corrected chi connectivity index (χ0v) is 14.3. The largest absolute Gasteiger partial charge is 0.313 e. The number of rotatable bonds is 4. The van der Waals surface area contributed by atoms with Crippen molar-refractivity contribution in [2.75, 3.05) is 12.8 Å². The Morgan fingerprint density at radius 1 is 0.842 bits per heavy atom. The Kier molecular flexibility index (Phi) is 9.23. The summed E-state index contributed by atoms with van der Waals surface area (Å²) < 4.78 is 0.379. The standard InChI is InChI=1S/C17H35NS/c1-17(2,19-3)15-18-16-13-11-9-7-5-4-6-8-10-12-14-16/h16,18H,4-15H2,1-3H3. The maximum absolute atomic E-state index is 3.84. The summed E-state index contributed by atoms with van der Waals surface area (Å²) in [6.07, 6.45) is 18.1. The summed E-state index contributed by atoms with van der Waals surface area (Å²) in [5, 5.41) is 3.84. The molecule has 1 nitrogen and oxygen atoms in total. The van der Waals surface area contributed by atoms with Gasteiger partial charge in [0.2, 0.25) is 0 Å². The molecule has 1 N–H and O–H groups in total. The highest BCUT2D eigenvalue weighted by atomic mass is 32.2. The normalized spacial score (nSPS) is 21.6. The van der Waals surface area contributed by atoms with E-state index in [1.807, 2.05) is 11.8 Å². The molecule has 0 bridgehead atoms. The summed E-state index contributed by atoms with van der Waals surface area (Å²) in [5.74, 6) is 0. The van der Waals surface area contributed by atoms with E-state index >= 15 is 0 Å². The van der Waals surface area contributed by atoms with Crippen molar-refractivity contribution in [1.29, 1.82) is 0 Å². The van der Waals surface area contributed by atoms with Gasteiger partial charge in [-0.05, 0) is 32.9 Å². The molecule has 1 aliphatic carbocycles. The molecule has 1 saturated carbocycles. The highest BCUT2D eigenvalue weighted by Crippen LogP contribution is 2.21. The van der Waals surface area contributed by atoms with Crippen molar-refractivity contribution in [2.24, 2.45) is 0 Å². The molecule has 0 unspecified atom stereocenters. The lowest BCUT2D eigenvalue weighted by Crippen LogP contribution is -2.39. The molecular weight excluding hydrogens is 250 g/mol. The molecule has 0 aromatic carbocycles. The first-order valence-electron chi connectivity index (χ1n) is 8.42. The quantitative estimate of drug-likeness (QED) is 0.743. The third kappa shape index (κ3) is 8.96. The van der Waals surface area contributed by atoms with Crippen molar-refractivity contribution in [3.63, 3.8) is 0 Å². The average molecular weight is 286 g/mol. The first-order valence-corrected chi connectivity index (χ1v) is 9.65. The van der Waals surface area contributed by atoms with E-state index in [2.05, 4.69) is 25.4 Å². The van der Waals surface area contributed by atoms with Gasteiger partial charge in [-0.3, -0.25) is 0 Å². The van der Waals surface area contributed by atoms with Crippen LogP contribution in [-0.2, 0) is 0 Å². The van der Waals surface area contributed by atoms with Gasteiger partial charge in [0.1, 0.15) is 0 Å². The molecule has 0 aliphatic heterocycles. The maximum Gasteiger partial charge on any atom is 0.0225 e. The van der Waals surface area contributed by atoms with E-state index in [-0.39, 0.29) is 0 Å². The number of hydrogen-bond donors (Lipinski definition) is 1. The highest BCUT2D eigenvalue weighted by molar-refractivity contribution is 7.99. The Bertz CT molecular complexity index is 203. The molecule has 0 amide bonds. The second kappa shape index (κ2) is 10.1. The Morgan fingerprint density at radius 3 is 1.68 bits per heavy atom. The van der Waals surface area contributed by atoms with E-state index in [1.165, 1.54) is 70.6 Å². The molecule has 0 spiro atoms. The third-order valence-corrected chi connectivity index (χ3v) is 5.72. The third-order valence-electron chi connectivity index (χ3n) is 4.47. The van der Waals surface area contributed by atoms with Gasteiger partial charge in [-0.15, -0.1) is 0 Å². The molecule has 0 saturated heterocycles. The van der Waals surface area contributed by atoms with E-state index in [4.69, 9.17) is 0 Å². The van der Waals surface area contributed by atoms with Gasteiger partial charge in [-0.2, -0.15) is 11.8 Å². The van der Waals surface area contributed by atoms with Crippen LogP contribution in [0.5, 0.6) is 0 Å². The van der Waals surface area contributed by atoms with Crippen LogP contribution in [0.4, 0.5) is 0 Å². The maximum atomic E-state index is 3.84. The Hall–Kier alpha value is 0.310. The number of hydrogen-bond acceptors (Lipinski definition) is 2. The SMILES string of the molecule is CSC(C)(C)CNC1CCCCCCCCCCC1. The zero-order valence-electron chi connectivity index (χ0n) is 13.5. The lowest BCUT2D eigenvalue weighted by Gasteiger charge is -2.27. The lowest BCUT2D eigenvalue weighted by molar-refractivity contribution is 0.393. The van der Waals surface area contributed by atoms with E-state index in [9.17, 15) is 0 Å². The van der Waals surface area contributed by atoms with Gasteiger partial charge in [-0.1, -0.05) is 57.8 Å². The molecule has 0 radical (unpaired) electrons. The van der Waals surface area contributed by atoms with Crippen LogP contribution >= 0.6 is 11.8 Å². The van der Waals surface area contributed by atoms with Crippen LogP contribution in [0.15, 0.2) is 0 Å². The van der Waals surface area contributed by atoms with Crippen LogP contribution in [0, 0.1) is 0 Å². The minimum Gasteiger partial charge on any atom is -0.313 e. The molecule has 0 heterocycles. The fraction of sp³-hybridized carbons (Fsp3) is 1.00. The molecule has 1 fully saturated rings. The first-order chi connectivity index (χ1) is 9.14. The van der Waals surface area contributed by atoms with Gasteiger partial charge in [-0.25, -0.2) is 0 Å². The molecule has 0 aromatic heterocycles.